The molecular weight excluding hydrogens is 159 g/mol. The standard InChI is InChI=1S/C6H11Cl2O/c1-3-5(9)6(2,8)4-7/h5H,3-4H2,1-2H3. The minimum atomic E-state index is -0.768. The van der Waals surface area contributed by atoms with Gasteiger partial charge in [0.25, 0.3) is 0 Å². The summed E-state index contributed by atoms with van der Waals surface area (Å²) in [6.45, 7) is 3.48. The first kappa shape index (κ1) is 9.54. The molecule has 0 amide bonds. The monoisotopic (exact) mass is 169 g/mol. The molecule has 0 saturated carbocycles. The molecule has 0 aliphatic carbocycles. The molecule has 3 heteroatoms. The summed E-state index contributed by atoms with van der Waals surface area (Å²) in [4.78, 5) is -0.768. The zero-order valence-corrected chi connectivity index (χ0v) is 7.17. The topological polar surface area (TPSA) is 19.9 Å². The van der Waals surface area contributed by atoms with E-state index in [1.165, 1.54) is 0 Å². The molecule has 0 aromatic rings. The summed E-state index contributed by atoms with van der Waals surface area (Å²) in [6, 6.07) is 0. The lowest BCUT2D eigenvalue weighted by Gasteiger charge is -2.21. The number of hydrogen-bond donors (Lipinski definition) is 0. The smallest absolute Gasteiger partial charge is 0.113 e. The van der Waals surface area contributed by atoms with Crippen LogP contribution in [-0.4, -0.2) is 16.9 Å². The van der Waals surface area contributed by atoms with Crippen LogP contribution in [0.1, 0.15) is 20.3 Å². The van der Waals surface area contributed by atoms with E-state index in [4.69, 9.17) is 23.2 Å². The third-order valence-electron chi connectivity index (χ3n) is 1.30. The molecule has 0 spiro atoms. The summed E-state index contributed by atoms with van der Waals surface area (Å²) >= 11 is 11.2. The van der Waals surface area contributed by atoms with Gasteiger partial charge in [-0.25, -0.2) is 5.11 Å². The lowest BCUT2D eigenvalue weighted by atomic mass is 10.0. The van der Waals surface area contributed by atoms with Gasteiger partial charge in [-0.1, -0.05) is 6.92 Å². The van der Waals surface area contributed by atoms with Crippen LogP contribution in [0.5, 0.6) is 0 Å². The third-order valence-corrected chi connectivity index (χ3v) is 2.37. The average Bonchev–Trinajstić information content (AvgIpc) is 1.86. The molecule has 2 atom stereocenters. The van der Waals surface area contributed by atoms with E-state index in [0.717, 1.165) is 0 Å². The van der Waals surface area contributed by atoms with Gasteiger partial charge in [0.15, 0.2) is 0 Å². The number of hydrogen-bond acceptors (Lipinski definition) is 0. The minimum absolute atomic E-state index is 0.219. The highest BCUT2D eigenvalue weighted by Gasteiger charge is 2.29. The van der Waals surface area contributed by atoms with E-state index in [0.29, 0.717) is 6.42 Å². The molecule has 55 valence electrons. The maximum absolute atomic E-state index is 10.9. The first-order chi connectivity index (χ1) is 4.04. The summed E-state index contributed by atoms with van der Waals surface area (Å²) < 4.78 is 0. The van der Waals surface area contributed by atoms with Crippen molar-refractivity contribution >= 4 is 23.2 Å². The van der Waals surface area contributed by atoms with Gasteiger partial charge in [0.2, 0.25) is 0 Å². The molecule has 1 nitrogen and oxygen atoms in total. The summed E-state index contributed by atoms with van der Waals surface area (Å²) in [5, 5.41) is 10.9. The zero-order chi connectivity index (χ0) is 7.49. The Hall–Kier alpha value is 0.540. The molecule has 9 heavy (non-hydrogen) atoms. The molecule has 0 aromatic heterocycles. The minimum Gasteiger partial charge on any atom is -0.231 e. The van der Waals surface area contributed by atoms with Gasteiger partial charge >= 0.3 is 0 Å². The Bertz CT molecular complexity index is 83.1. The molecule has 0 aromatic carbocycles. The van der Waals surface area contributed by atoms with Crippen molar-refractivity contribution in [3.63, 3.8) is 0 Å². The van der Waals surface area contributed by atoms with Gasteiger partial charge in [0.05, 0.1) is 4.87 Å². The molecule has 0 bridgehead atoms. The fourth-order valence-corrected chi connectivity index (χ4v) is 0.838. The largest absolute Gasteiger partial charge is 0.231 e. The van der Waals surface area contributed by atoms with E-state index in [1.807, 2.05) is 6.92 Å². The van der Waals surface area contributed by atoms with Crippen molar-refractivity contribution in [2.45, 2.75) is 31.2 Å². The Morgan fingerprint density at radius 2 is 2.11 bits per heavy atom. The van der Waals surface area contributed by atoms with Gasteiger partial charge in [-0.3, -0.25) is 0 Å². The summed E-state index contributed by atoms with van der Waals surface area (Å²) in [6.07, 6.45) is -0.219. The van der Waals surface area contributed by atoms with Gasteiger partial charge < -0.3 is 0 Å². The van der Waals surface area contributed by atoms with Gasteiger partial charge in [0.1, 0.15) is 6.10 Å². The highest BCUT2D eigenvalue weighted by molar-refractivity contribution is 6.30. The number of rotatable bonds is 3. The quantitative estimate of drug-likeness (QED) is 0.579. The summed E-state index contributed by atoms with van der Waals surface area (Å²) in [7, 11) is 0. The zero-order valence-electron chi connectivity index (χ0n) is 5.66. The van der Waals surface area contributed by atoms with Crippen LogP contribution in [0.25, 0.3) is 0 Å². The van der Waals surface area contributed by atoms with Crippen molar-refractivity contribution in [2.75, 3.05) is 5.88 Å². The highest BCUT2D eigenvalue weighted by atomic mass is 35.5. The van der Waals surface area contributed by atoms with Crippen molar-refractivity contribution in [2.24, 2.45) is 0 Å². The van der Waals surface area contributed by atoms with Gasteiger partial charge in [-0.05, 0) is 13.3 Å². The molecule has 0 saturated heterocycles. The van der Waals surface area contributed by atoms with Gasteiger partial charge in [-0.2, -0.15) is 0 Å². The Labute approximate surface area is 66.0 Å². The third kappa shape index (κ3) is 2.74. The molecule has 2 unspecified atom stereocenters. The van der Waals surface area contributed by atoms with Crippen molar-refractivity contribution < 1.29 is 5.11 Å². The lowest BCUT2D eigenvalue weighted by Crippen LogP contribution is -2.33. The fraction of sp³-hybridized carbons (Fsp3) is 1.00. The molecule has 0 aliphatic heterocycles. The second-order valence-electron chi connectivity index (χ2n) is 2.31. The van der Waals surface area contributed by atoms with Crippen LogP contribution in [0.4, 0.5) is 0 Å². The maximum Gasteiger partial charge on any atom is 0.113 e. The van der Waals surface area contributed by atoms with Crippen molar-refractivity contribution in [1.29, 1.82) is 0 Å². The Morgan fingerprint density at radius 3 is 2.22 bits per heavy atom. The van der Waals surface area contributed by atoms with Crippen molar-refractivity contribution in [3.8, 4) is 0 Å². The first-order valence-corrected chi connectivity index (χ1v) is 3.86. The van der Waals surface area contributed by atoms with Crippen LogP contribution in [0.15, 0.2) is 0 Å². The normalized spacial score (nSPS) is 21.0. The van der Waals surface area contributed by atoms with Crippen LogP contribution in [-0.2, 0) is 5.11 Å². The Morgan fingerprint density at radius 1 is 1.67 bits per heavy atom. The summed E-state index contributed by atoms with van der Waals surface area (Å²) in [5.41, 5.74) is 0. The van der Waals surface area contributed by atoms with E-state index in [1.54, 1.807) is 6.92 Å². The second-order valence-corrected chi connectivity index (χ2v) is 3.44. The maximum atomic E-state index is 10.9. The van der Waals surface area contributed by atoms with Crippen LogP contribution in [0.2, 0.25) is 0 Å². The Kier molecular flexibility index (Phi) is 3.86. The highest BCUT2D eigenvalue weighted by Crippen LogP contribution is 2.23. The number of alkyl halides is 2. The molecule has 0 N–H and O–H groups in total. The predicted octanol–water partition coefficient (Wildman–Crippen LogP) is 2.43. The SMILES string of the molecule is CCC([O])C(C)(Cl)CCl. The summed E-state index contributed by atoms with van der Waals surface area (Å²) in [5.74, 6) is 0.219. The molecular formula is C6H11Cl2O. The molecule has 0 aliphatic rings. The van der Waals surface area contributed by atoms with E-state index >= 15 is 0 Å². The van der Waals surface area contributed by atoms with E-state index in [2.05, 4.69) is 0 Å². The average molecular weight is 170 g/mol. The second kappa shape index (κ2) is 3.65. The van der Waals surface area contributed by atoms with Crippen LogP contribution in [0, 0.1) is 0 Å². The van der Waals surface area contributed by atoms with Crippen molar-refractivity contribution in [1.82, 2.24) is 0 Å². The lowest BCUT2D eigenvalue weighted by molar-refractivity contribution is 0.0588. The van der Waals surface area contributed by atoms with Gasteiger partial charge in [0, 0.05) is 5.88 Å². The predicted molar refractivity (Wildman–Crippen MR) is 39.7 cm³/mol. The first-order valence-electron chi connectivity index (χ1n) is 2.95. The van der Waals surface area contributed by atoms with Crippen LogP contribution in [0.3, 0.4) is 0 Å². The molecule has 0 heterocycles. The van der Waals surface area contributed by atoms with Crippen molar-refractivity contribution in [3.05, 3.63) is 0 Å². The fourth-order valence-electron chi connectivity index (χ4n) is 0.512. The number of halogens is 2. The van der Waals surface area contributed by atoms with E-state index in [-0.39, 0.29) is 5.88 Å². The van der Waals surface area contributed by atoms with Gasteiger partial charge in [-0.15, -0.1) is 23.2 Å². The molecule has 0 rings (SSSR count). The van der Waals surface area contributed by atoms with E-state index < -0.39 is 11.0 Å². The molecule has 0 fully saturated rings. The molecule has 1 radical (unpaired) electrons. The van der Waals surface area contributed by atoms with Crippen LogP contribution >= 0.6 is 23.2 Å². The van der Waals surface area contributed by atoms with E-state index in [9.17, 15) is 5.11 Å². The van der Waals surface area contributed by atoms with Crippen LogP contribution < -0.4 is 0 Å². The Balaban J connectivity index is 3.80.